The Kier molecular flexibility index (Phi) is 6.50. The van der Waals surface area contributed by atoms with Crippen LogP contribution in [-0.4, -0.2) is 23.3 Å². The summed E-state index contributed by atoms with van der Waals surface area (Å²) >= 11 is 0. The number of ketones is 1. The van der Waals surface area contributed by atoms with Crippen LogP contribution in [0, 0.1) is 39.4 Å². The molecular formula is C34H46O3. The van der Waals surface area contributed by atoms with Gasteiger partial charge in [-0.25, -0.2) is 0 Å². The van der Waals surface area contributed by atoms with Gasteiger partial charge in [-0.15, -0.1) is 0 Å². The number of rotatable bonds is 5. The Morgan fingerprint density at radius 1 is 1.05 bits per heavy atom. The Bertz CT molecular complexity index is 1140. The molecule has 3 fully saturated rings. The van der Waals surface area contributed by atoms with Crippen molar-refractivity contribution in [3.8, 4) is 0 Å². The van der Waals surface area contributed by atoms with Crippen molar-refractivity contribution in [3.63, 3.8) is 0 Å². The van der Waals surface area contributed by atoms with Crippen LogP contribution in [0.15, 0.2) is 47.6 Å². The molecule has 1 aromatic rings. The van der Waals surface area contributed by atoms with E-state index in [1.807, 2.05) is 30.3 Å². The molecule has 0 saturated heterocycles. The Hall–Kier alpha value is -2.00. The lowest BCUT2D eigenvalue weighted by molar-refractivity contribution is -0.208. The van der Waals surface area contributed by atoms with E-state index in [-0.39, 0.29) is 33.7 Å². The van der Waals surface area contributed by atoms with Gasteiger partial charge in [0.2, 0.25) is 0 Å². The molecule has 0 spiro atoms. The van der Waals surface area contributed by atoms with Gasteiger partial charge in [-0.05, 0) is 84.5 Å². The zero-order chi connectivity index (χ0) is 26.8. The molecule has 1 N–H and O–H groups in total. The van der Waals surface area contributed by atoms with Gasteiger partial charge in [-0.1, -0.05) is 89.1 Å². The molecule has 200 valence electrons. The van der Waals surface area contributed by atoms with Crippen molar-refractivity contribution >= 4 is 17.6 Å². The summed E-state index contributed by atoms with van der Waals surface area (Å²) < 4.78 is 0. The molecule has 0 radical (unpaired) electrons. The number of hydrogen-bond acceptors (Lipinski definition) is 3. The molecule has 1 aromatic carbocycles. The molecule has 0 aliphatic heterocycles. The van der Waals surface area contributed by atoms with Crippen molar-refractivity contribution in [2.24, 2.45) is 39.4 Å². The highest BCUT2D eigenvalue weighted by Gasteiger charge is 2.69. The number of allylic oxidation sites excluding steroid dienone is 3. The van der Waals surface area contributed by atoms with E-state index < -0.39 is 0 Å². The zero-order valence-electron chi connectivity index (χ0n) is 23.8. The van der Waals surface area contributed by atoms with Gasteiger partial charge in [-0.3, -0.25) is 9.59 Å². The predicted molar refractivity (Wildman–Crippen MR) is 150 cm³/mol. The van der Waals surface area contributed by atoms with Crippen LogP contribution in [0.1, 0.15) is 98.5 Å². The number of carbonyl (C=O) groups excluding carboxylic acids is 2. The average molecular weight is 503 g/mol. The van der Waals surface area contributed by atoms with Crippen LogP contribution in [0.3, 0.4) is 0 Å². The predicted octanol–water partition coefficient (Wildman–Crippen LogP) is 7.58. The summed E-state index contributed by atoms with van der Waals surface area (Å²) in [6, 6.07) is 9.91. The van der Waals surface area contributed by atoms with E-state index in [1.54, 1.807) is 0 Å². The minimum atomic E-state index is -0.365. The third-order valence-corrected chi connectivity index (χ3v) is 12.2. The van der Waals surface area contributed by atoms with Crippen LogP contribution in [0.25, 0.3) is 5.57 Å². The first-order valence-electron chi connectivity index (χ1n) is 14.5. The van der Waals surface area contributed by atoms with E-state index in [1.165, 1.54) is 11.1 Å². The maximum absolute atomic E-state index is 12.9. The van der Waals surface area contributed by atoms with Crippen molar-refractivity contribution in [3.05, 3.63) is 53.1 Å². The second kappa shape index (κ2) is 9.04. The Labute approximate surface area is 223 Å². The topological polar surface area (TPSA) is 54.4 Å². The van der Waals surface area contributed by atoms with E-state index >= 15 is 0 Å². The molecule has 4 aliphatic carbocycles. The fourth-order valence-electron chi connectivity index (χ4n) is 9.98. The standard InChI is InChI=1S/C34H46O3/c1-22(12-13-24(21-35)23-10-8-7-9-11-23)25-14-18-33(5)26(25)20-27(36)30-32(4)17-16-29(37)31(2,3)28(32)15-19-34(30,33)6/h7-11,13,21-22,27-28,30,36H,12,14-20H2,1-6H3/b24-13-/t22-,27+,28+,30+,32+,33+,34+/m1/s1. The number of aliphatic hydroxyl groups excluding tert-OH is 1. The molecular weight excluding hydrogens is 456 g/mol. The van der Waals surface area contributed by atoms with Crippen molar-refractivity contribution in [2.75, 3.05) is 0 Å². The normalized spacial score (nSPS) is 40.0. The molecule has 3 heteroatoms. The summed E-state index contributed by atoms with van der Waals surface area (Å²) in [6.45, 7) is 14.0. The lowest BCUT2D eigenvalue weighted by atomic mass is 9.36. The molecule has 0 bridgehead atoms. The Balaban J connectivity index is 1.47. The first-order chi connectivity index (χ1) is 17.4. The monoisotopic (exact) mass is 502 g/mol. The molecule has 0 amide bonds. The highest BCUT2D eigenvalue weighted by molar-refractivity contribution is 6.06. The fourth-order valence-corrected chi connectivity index (χ4v) is 9.98. The largest absolute Gasteiger partial charge is 0.392 e. The number of benzene rings is 1. The molecule has 0 heterocycles. The molecule has 7 atom stereocenters. The number of carbonyl (C=O) groups is 2. The molecule has 4 aliphatic rings. The van der Waals surface area contributed by atoms with Crippen molar-refractivity contribution in [1.29, 1.82) is 0 Å². The van der Waals surface area contributed by atoms with Crippen molar-refractivity contribution in [1.82, 2.24) is 0 Å². The minimum Gasteiger partial charge on any atom is -0.392 e. The SMILES string of the molecule is C[C@H](C/C=C(/C=O)c1ccccc1)C1=C2C[C@H](O)[C@H]3[C@@]4(C)CCC(=O)C(C)(C)[C@@H]4CC[C@]3(C)[C@@]2(C)CC1. The minimum absolute atomic E-state index is 0.00990. The van der Waals surface area contributed by atoms with E-state index in [2.05, 4.69) is 47.6 Å². The van der Waals surface area contributed by atoms with Gasteiger partial charge >= 0.3 is 0 Å². The van der Waals surface area contributed by atoms with Crippen LogP contribution < -0.4 is 0 Å². The quantitative estimate of drug-likeness (QED) is 0.256. The summed E-state index contributed by atoms with van der Waals surface area (Å²) in [7, 11) is 0. The van der Waals surface area contributed by atoms with Gasteiger partial charge in [0, 0.05) is 17.4 Å². The number of fused-ring (bicyclic) bond motifs is 5. The van der Waals surface area contributed by atoms with Gasteiger partial charge in [0.1, 0.15) is 12.1 Å². The smallest absolute Gasteiger partial charge is 0.150 e. The zero-order valence-corrected chi connectivity index (χ0v) is 23.8. The van der Waals surface area contributed by atoms with E-state index in [4.69, 9.17) is 0 Å². The van der Waals surface area contributed by atoms with Crippen LogP contribution >= 0.6 is 0 Å². The number of aliphatic hydroxyl groups is 1. The lowest BCUT2D eigenvalue weighted by Gasteiger charge is -2.69. The molecule has 3 nitrogen and oxygen atoms in total. The molecule has 3 saturated carbocycles. The second-order valence-electron chi connectivity index (χ2n) is 14.0. The highest BCUT2D eigenvalue weighted by atomic mass is 16.3. The third kappa shape index (κ3) is 3.78. The van der Waals surface area contributed by atoms with E-state index in [0.717, 1.165) is 62.4 Å². The maximum Gasteiger partial charge on any atom is 0.150 e. The summed E-state index contributed by atoms with van der Waals surface area (Å²) in [5, 5.41) is 11.9. The van der Waals surface area contributed by atoms with Gasteiger partial charge in [-0.2, -0.15) is 0 Å². The highest BCUT2D eigenvalue weighted by Crippen LogP contribution is 2.74. The first-order valence-corrected chi connectivity index (χ1v) is 14.5. The Morgan fingerprint density at radius 3 is 2.43 bits per heavy atom. The molecule has 0 aromatic heterocycles. The summed E-state index contributed by atoms with van der Waals surface area (Å²) in [6.07, 6.45) is 10.3. The summed E-state index contributed by atoms with van der Waals surface area (Å²) in [4.78, 5) is 24.8. The summed E-state index contributed by atoms with van der Waals surface area (Å²) in [5.74, 6) is 1.31. The van der Waals surface area contributed by atoms with Gasteiger partial charge in [0.15, 0.2) is 0 Å². The number of hydrogen-bond donors (Lipinski definition) is 1. The fraction of sp³-hybridized carbons (Fsp3) is 0.647. The van der Waals surface area contributed by atoms with E-state index in [0.29, 0.717) is 24.0 Å². The number of aldehydes is 1. The maximum atomic E-state index is 12.9. The first kappa shape index (κ1) is 26.6. The van der Waals surface area contributed by atoms with Crippen molar-refractivity contribution in [2.45, 2.75) is 99.0 Å². The van der Waals surface area contributed by atoms with Crippen LogP contribution in [0.4, 0.5) is 0 Å². The van der Waals surface area contributed by atoms with Gasteiger partial charge in [0.05, 0.1) is 6.10 Å². The van der Waals surface area contributed by atoms with Crippen LogP contribution in [0.5, 0.6) is 0 Å². The number of Topliss-reactive ketones (excluding diaryl/α,β-unsaturated/α-hetero) is 1. The summed E-state index contributed by atoms with van der Waals surface area (Å²) in [5.41, 5.74) is 4.54. The third-order valence-electron chi connectivity index (χ3n) is 12.2. The van der Waals surface area contributed by atoms with Crippen molar-refractivity contribution < 1.29 is 14.7 Å². The lowest BCUT2D eigenvalue weighted by Crippen LogP contribution is -2.65. The van der Waals surface area contributed by atoms with E-state index in [9.17, 15) is 14.7 Å². The van der Waals surface area contributed by atoms with Gasteiger partial charge in [0.25, 0.3) is 0 Å². The molecule has 37 heavy (non-hydrogen) atoms. The molecule has 0 unspecified atom stereocenters. The van der Waals surface area contributed by atoms with Crippen LogP contribution in [-0.2, 0) is 9.59 Å². The van der Waals surface area contributed by atoms with Gasteiger partial charge < -0.3 is 5.11 Å². The van der Waals surface area contributed by atoms with Crippen LogP contribution in [0.2, 0.25) is 0 Å². The Morgan fingerprint density at radius 2 is 1.76 bits per heavy atom. The average Bonchev–Trinajstić information content (AvgIpc) is 3.20. The molecule has 5 rings (SSSR count). The second-order valence-corrected chi connectivity index (χ2v) is 14.0.